The van der Waals surface area contributed by atoms with E-state index in [0.29, 0.717) is 5.84 Å². The molecule has 51 heavy (non-hydrogen) atoms. The molecule has 0 amide bonds. The van der Waals surface area contributed by atoms with Crippen LogP contribution < -0.4 is 5.32 Å². The maximum atomic E-state index is 6.47. The number of para-hydroxylation sites is 2. The lowest BCUT2D eigenvalue weighted by atomic mass is 9.93. The van der Waals surface area contributed by atoms with E-state index in [2.05, 4.69) is 115 Å². The molecule has 11 rings (SSSR count). The molecule has 3 aromatic heterocycles. The molecule has 0 saturated heterocycles. The van der Waals surface area contributed by atoms with Crippen LogP contribution in [0.3, 0.4) is 0 Å². The van der Waals surface area contributed by atoms with Crippen LogP contribution in [0, 0.1) is 0 Å². The molecule has 1 aliphatic heterocycles. The van der Waals surface area contributed by atoms with Crippen LogP contribution in [0.1, 0.15) is 22.9 Å². The quantitative estimate of drug-likeness (QED) is 0.202. The van der Waals surface area contributed by atoms with Gasteiger partial charge in [0.2, 0.25) is 0 Å². The smallest absolute Gasteiger partial charge is 0.159 e. The molecular weight excluding hydrogens is 647 g/mol. The lowest BCUT2D eigenvalue weighted by Crippen LogP contribution is -2.34. The van der Waals surface area contributed by atoms with Crippen molar-refractivity contribution in [2.24, 2.45) is 9.98 Å². The number of aliphatic imine (C=N–C) groups is 2. The molecule has 1 aliphatic rings. The Morgan fingerprint density at radius 3 is 2.06 bits per heavy atom. The molecular formula is C45H27N3O2S. The van der Waals surface area contributed by atoms with Crippen LogP contribution >= 0.6 is 11.3 Å². The topological polar surface area (TPSA) is 63.0 Å². The SMILES string of the molecule is c1ccc(C2N=C(c3ccc4oc5ccccc5c4c3)N=C(c3c(-c4ccc5c(c4)sc4ccccc45)ccc4oc5ccccc5c34)N2)cc1. The van der Waals surface area contributed by atoms with Gasteiger partial charge in [0, 0.05) is 52.8 Å². The Balaban J connectivity index is 1.17. The summed E-state index contributed by atoms with van der Waals surface area (Å²) in [6, 6.07) is 52.7. The first-order valence-electron chi connectivity index (χ1n) is 17.0. The number of amidine groups is 2. The van der Waals surface area contributed by atoms with E-state index in [0.717, 1.165) is 77.5 Å². The summed E-state index contributed by atoms with van der Waals surface area (Å²) in [5.41, 5.74) is 8.51. The minimum atomic E-state index is -0.364. The number of benzene rings is 7. The Bertz CT molecular complexity index is 3070. The zero-order valence-electron chi connectivity index (χ0n) is 27.1. The van der Waals surface area contributed by atoms with Crippen molar-refractivity contribution in [3.63, 3.8) is 0 Å². The summed E-state index contributed by atoms with van der Waals surface area (Å²) >= 11 is 1.83. The molecule has 0 saturated carbocycles. The van der Waals surface area contributed by atoms with Crippen LogP contribution in [-0.4, -0.2) is 11.7 Å². The molecule has 5 nitrogen and oxygen atoms in total. The molecule has 1 unspecified atom stereocenters. The van der Waals surface area contributed by atoms with Gasteiger partial charge in [-0.25, -0.2) is 9.98 Å². The van der Waals surface area contributed by atoms with Crippen molar-refractivity contribution < 1.29 is 8.83 Å². The monoisotopic (exact) mass is 673 g/mol. The summed E-state index contributed by atoms with van der Waals surface area (Å²) in [5, 5.41) is 10.5. The molecule has 0 spiro atoms. The summed E-state index contributed by atoms with van der Waals surface area (Å²) in [6.07, 6.45) is -0.364. The third kappa shape index (κ3) is 4.47. The minimum absolute atomic E-state index is 0.364. The van der Waals surface area contributed by atoms with E-state index in [-0.39, 0.29) is 6.17 Å². The van der Waals surface area contributed by atoms with E-state index in [1.165, 1.54) is 20.2 Å². The van der Waals surface area contributed by atoms with Gasteiger partial charge in [0.05, 0.1) is 0 Å². The van der Waals surface area contributed by atoms with Crippen molar-refractivity contribution in [1.29, 1.82) is 0 Å². The van der Waals surface area contributed by atoms with Crippen LogP contribution in [0.5, 0.6) is 0 Å². The molecule has 7 aromatic carbocycles. The van der Waals surface area contributed by atoms with Crippen molar-refractivity contribution in [2.45, 2.75) is 6.17 Å². The number of nitrogens with one attached hydrogen (secondary N) is 1. The second-order valence-corrected chi connectivity index (χ2v) is 14.0. The van der Waals surface area contributed by atoms with Gasteiger partial charge in [-0.1, -0.05) is 97.1 Å². The van der Waals surface area contributed by atoms with E-state index >= 15 is 0 Å². The summed E-state index contributed by atoms with van der Waals surface area (Å²) in [5.74, 6) is 1.40. The largest absolute Gasteiger partial charge is 0.456 e. The summed E-state index contributed by atoms with van der Waals surface area (Å²) in [7, 11) is 0. The van der Waals surface area contributed by atoms with Crippen LogP contribution in [0.15, 0.2) is 170 Å². The van der Waals surface area contributed by atoms with Gasteiger partial charge in [-0.2, -0.15) is 0 Å². The Labute approximate surface area is 295 Å². The average Bonchev–Trinajstić information content (AvgIpc) is 3.88. The van der Waals surface area contributed by atoms with E-state index in [4.69, 9.17) is 18.8 Å². The zero-order chi connectivity index (χ0) is 33.5. The molecule has 6 heteroatoms. The highest BCUT2D eigenvalue weighted by Gasteiger charge is 2.27. The number of furan rings is 2. The predicted molar refractivity (Wildman–Crippen MR) is 211 cm³/mol. The fourth-order valence-corrected chi connectivity index (χ4v) is 8.72. The molecule has 0 fully saturated rings. The number of hydrogen-bond donors (Lipinski definition) is 1. The highest BCUT2D eigenvalue weighted by molar-refractivity contribution is 7.25. The van der Waals surface area contributed by atoms with Gasteiger partial charge in [-0.05, 0) is 71.3 Å². The van der Waals surface area contributed by atoms with Gasteiger partial charge >= 0.3 is 0 Å². The van der Waals surface area contributed by atoms with E-state index in [9.17, 15) is 0 Å². The fourth-order valence-electron chi connectivity index (χ4n) is 7.57. The zero-order valence-corrected chi connectivity index (χ0v) is 27.9. The van der Waals surface area contributed by atoms with E-state index in [1.807, 2.05) is 53.8 Å². The summed E-state index contributed by atoms with van der Waals surface area (Å²) in [4.78, 5) is 10.6. The number of thiophene rings is 1. The lowest BCUT2D eigenvalue weighted by Gasteiger charge is -2.25. The third-order valence-electron chi connectivity index (χ3n) is 9.96. The van der Waals surface area contributed by atoms with Gasteiger partial charge in [-0.15, -0.1) is 11.3 Å². The van der Waals surface area contributed by atoms with Gasteiger partial charge < -0.3 is 14.2 Å². The fraction of sp³-hybridized carbons (Fsp3) is 0.0222. The van der Waals surface area contributed by atoms with Crippen molar-refractivity contribution in [1.82, 2.24) is 5.32 Å². The molecule has 1 atom stereocenters. The maximum Gasteiger partial charge on any atom is 0.159 e. The summed E-state index contributed by atoms with van der Waals surface area (Å²) in [6.45, 7) is 0. The number of rotatable bonds is 4. The Morgan fingerprint density at radius 2 is 1.18 bits per heavy atom. The molecule has 0 radical (unpaired) electrons. The molecule has 10 aromatic rings. The Hall–Kier alpha value is -6.50. The highest BCUT2D eigenvalue weighted by atomic mass is 32.1. The molecule has 1 N–H and O–H groups in total. The van der Waals surface area contributed by atoms with E-state index in [1.54, 1.807) is 0 Å². The first kappa shape index (κ1) is 28.3. The van der Waals surface area contributed by atoms with Crippen molar-refractivity contribution in [3.8, 4) is 11.1 Å². The average molecular weight is 674 g/mol. The first-order chi connectivity index (χ1) is 25.2. The second kappa shape index (κ2) is 11.0. The Kier molecular flexibility index (Phi) is 6.12. The van der Waals surface area contributed by atoms with Crippen molar-refractivity contribution >= 4 is 87.1 Å². The lowest BCUT2D eigenvalue weighted by molar-refractivity contribution is 0.667. The molecule has 0 aliphatic carbocycles. The number of hydrogen-bond acceptors (Lipinski definition) is 6. The van der Waals surface area contributed by atoms with Crippen LogP contribution in [-0.2, 0) is 0 Å². The minimum Gasteiger partial charge on any atom is -0.456 e. The van der Waals surface area contributed by atoms with Crippen LogP contribution in [0.2, 0.25) is 0 Å². The number of fused-ring (bicyclic) bond motifs is 9. The van der Waals surface area contributed by atoms with Crippen LogP contribution in [0.25, 0.3) is 75.2 Å². The predicted octanol–water partition coefficient (Wildman–Crippen LogP) is 12.0. The van der Waals surface area contributed by atoms with Crippen LogP contribution in [0.4, 0.5) is 0 Å². The highest BCUT2D eigenvalue weighted by Crippen LogP contribution is 2.41. The van der Waals surface area contributed by atoms with Gasteiger partial charge in [0.25, 0.3) is 0 Å². The molecule has 240 valence electrons. The van der Waals surface area contributed by atoms with Crippen molar-refractivity contribution in [2.75, 3.05) is 0 Å². The molecule has 4 heterocycles. The maximum absolute atomic E-state index is 6.47. The van der Waals surface area contributed by atoms with Crippen molar-refractivity contribution in [3.05, 3.63) is 168 Å². The molecule has 0 bridgehead atoms. The van der Waals surface area contributed by atoms with Gasteiger partial charge in [-0.3, -0.25) is 0 Å². The first-order valence-corrected chi connectivity index (χ1v) is 17.8. The Morgan fingerprint density at radius 1 is 0.510 bits per heavy atom. The third-order valence-corrected chi connectivity index (χ3v) is 11.1. The van der Waals surface area contributed by atoms with E-state index < -0.39 is 0 Å². The van der Waals surface area contributed by atoms with Gasteiger partial charge in [0.1, 0.15) is 34.3 Å². The normalized spacial score (nSPS) is 14.9. The number of nitrogens with zero attached hydrogens (tertiary/aromatic N) is 2. The second-order valence-electron chi connectivity index (χ2n) is 12.9. The standard InChI is InChI=1S/C45H27N3O2S/c1-2-10-26(11-3-1)43-46-44(28-19-22-37-34(24-28)30-12-4-7-15-35(30)49-37)48-45(47-43)42-29(21-23-38-41(42)33-14-5-8-16-36(33)50-38)27-18-20-32-31-13-6-9-17-39(31)51-40(32)25-27/h1-25,43H,(H,46,47,48). The summed E-state index contributed by atoms with van der Waals surface area (Å²) < 4.78 is 15.2. The van der Waals surface area contributed by atoms with Gasteiger partial charge in [0.15, 0.2) is 5.84 Å².